The zero-order chi connectivity index (χ0) is 12.1. The molecular weight excluding hydrogens is 280 g/mol. The lowest BCUT2D eigenvalue weighted by Crippen LogP contribution is -1.93. The Morgan fingerprint density at radius 2 is 1.94 bits per heavy atom. The molecule has 0 atom stereocenters. The van der Waals surface area contributed by atoms with Crippen molar-refractivity contribution in [3.8, 4) is 5.75 Å². The molecule has 0 bridgehead atoms. The van der Waals surface area contributed by atoms with Gasteiger partial charge in [-0.05, 0) is 53.2 Å². The maximum atomic E-state index is 5.38. The van der Waals surface area contributed by atoms with Crippen LogP contribution in [-0.4, -0.2) is 11.6 Å². The van der Waals surface area contributed by atoms with E-state index in [1.165, 1.54) is 0 Å². The van der Waals surface area contributed by atoms with Crippen LogP contribution in [0, 0.1) is 0 Å². The van der Waals surface area contributed by atoms with E-state index < -0.39 is 0 Å². The minimum atomic E-state index is 0.683. The molecule has 0 amide bonds. The number of nitrogens with one attached hydrogen (secondary N) is 1. The molecule has 0 spiro atoms. The molecule has 0 fully saturated rings. The number of benzene rings is 1. The second-order valence-corrected chi connectivity index (χ2v) is 4.39. The molecule has 0 aliphatic carbocycles. The molecule has 0 unspecified atom stereocenters. The first-order valence-electron chi connectivity index (χ1n) is 5.38. The predicted molar refractivity (Wildman–Crippen MR) is 72.8 cm³/mol. The van der Waals surface area contributed by atoms with Gasteiger partial charge >= 0.3 is 0 Å². The van der Waals surface area contributed by atoms with Crippen LogP contribution in [-0.2, 0) is 0 Å². The van der Waals surface area contributed by atoms with Crippen molar-refractivity contribution in [2.45, 2.75) is 6.92 Å². The molecule has 0 aliphatic rings. The first-order valence-corrected chi connectivity index (χ1v) is 6.17. The number of nitrogens with zero attached hydrogens (tertiary/aromatic N) is 1. The Hall–Kier alpha value is -1.55. The second kappa shape index (κ2) is 5.68. The molecule has 4 heteroatoms. The van der Waals surface area contributed by atoms with Gasteiger partial charge in [0.15, 0.2) is 0 Å². The van der Waals surface area contributed by atoms with E-state index >= 15 is 0 Å². The fraction of sp³-hybridized carbons (Fsp3) is 0.154. The van der Waals surface area contributed by atoms with Crippen LogP contribution in [0.4, 0.5) is 11.4 Å². The number of hydrogen-bond donors (Lipinski definition) is 1. The van der Waals surface area contributed by atoms with Crippen molar-refractivity contribution in [2.24, 2.45) is 0 Å². The topological polar surface area (TPSA) is 34.1 Å². The van der Waals surface area contributed by atoms with E-state index in [9.17, 15) is 0 Å². The molecule has 0 aliphatic heterocycles. The van der Waals surface area contributed by atoms with Gasteiger partial charge < -0.3 is 10.1 Å². The summed E-state index contributed by atoms with van der Waals surface area (Å²) in [5, 5.41) is 3.27. The normalized spacial score (nSPS) is 10.0. The summed E-state index contributed by atoms with van der Waals surface area (Å²) < 4.78 is 6.33. The smallest absolute Gasteiger partial charge is 0.119 e. The van der Waals surface area contributed by atoms with Crippen LogP contribution in [0.25, 0.3) is 0 Å². The van der Waals surface area contributed by atoms with Gasteiger partial charge in [-0.2, -0.15) is 0 Å². The van der Waals surface area contributed by atoms with E-state index in [0.717, 1.165) is 21.6 Å². The standard InChI is InChI=1S/C13H13BrN2O/c1-2-17-13-5-3-11(4-6-13)16-12-7-10(14)8-15-9-12/h3-9,16H,2H2,1H3. The molecule has 1 aromatic carbocycles. The van der Waals surface area contributed by atoms with Gasteiger partial charge in [0.25, 0.3) is 0 Å². The molecule has 2 aromatic rings. The molecule has 1 N–H and O–H groups in total. The summed E-state index contributed by atoms with van der Waals surface area (Å²) >= 11 is 3.39. The molecule has 0 saturated carbocycles. The van der Waals surface area contributed by atoms with E-state index in [1.807, 2.05) is 37.3 Å². The second-order valence-electron chi connectivity index (χ2n) is 3.47. The molecule has 17 heavy (non-hydrogen) atoms. The maximum absolute atomic E-state index is 5.38. The number of halogens is 1. The summed E-state index contributed by atoms with van der Waals surface area (Å²) in [7, 11) is 0. The lowest BCUT2D eigenvalue weighted by molar-refractivity contribution is 0.340. The van der Waals surface area contributed by atoms with Crippen LogP contribution >= 0.6 is 15.9 Å². The minimum Gasteiger partial charge on any atom is -0.494 e. The fourth-order valence-corrected chi connectivity index (χ4v) is 1.81. The van der Waals surface area contributed by atoms with Crippen molar-refractivity contribution in [3.63, 3.8) is 0 Å². The SMILES string of the molecule is CCOc1ccc(Nc2cncc(Br)c2)cc1. The van der Waals surface area contributed by atoms with Gasteiger partial charge in [-0.1, -0.05) is 0 Å². The average Bonchev–Trinajstić information content (AvgIpc) is 2.32. The molecule has 1 heterocycles. The monoisotopic (exact) mass is 292 g/mol. The Labute approximate surface area is 109 Å². The summed E-state index contributed by atoms with van der Waals surface area (Å²) in [6, 6.07) is 9.82. The van der Waals surface area contributed by atoms with Crippen LogP contribution < -0.4 is 10.1 Å². The molecule has 0 saturated heterocycles. The predicted octanol–water partition coefficient (Wildman–Crippen LogP) is 3.99. The highest BCUT2D eigenvalue weighted by Crippen LogP contribution is 2.21. The van der Waals surface area contributed by atoms with E-state index in [2.05, 4.69) is 26.2 Å². The number of rotatable bonds is 4. The number of hydrogen-bond acceptors (Lipinski definition) is 3. The minimum absolute atomic E-state index is 0.683. The average molecular weight is 293 g/mol. The maximum Gasteiger partial charge on any atom is 0.119 e. The third kappa shape index (κ3) is 3.46. The van der Waals surface area contributed by atoms with Gasteiger partial charge in [0.1, 0.15) is 5.75 Å². The lowest BCUT2D eigenvalue weighted by atomic mass is 10.3. The fourth-order valence-electron chi connectivity index (χ4n) is 1.45. The van der Waals surface area contributed by atoms with Crippen molar-refractivity contribution >= 4 is 27.3 Å². The zero-order valence-electron chi connectivity index (χ0n) is 9.48. The van der Waals surface area contributed by atoms with Crippen LogP contribution in [0.2, 0.25) is 0 Å². The van der Waals surface area contributed by atoms with E-state index in [-0.39, 0.29) is 0 Å². The van der Waals surface area contributed by atoms with Gasteiger partial charge in [-0.3, -0.25) is 4.98 Å². The van der Waals surface area contributed by atoms with Crippen molar-refractivity contribution in [2.75, 3.05) is 11.9 Å². The lowest BCUT2D eigenvalue weighted by Gasteiger charge is -2.07. The number of pyridine rings is 1. The molecule has 0 radical (unpaired) electrons. The third-order valence-electron chi connectivity index (χ3n) is 2.16. The Morgan fingerprint density at radius 1 is 1.18 bits per heavy atom. The van der Waals surface area contributed by atoms with Gasteiger partial charge in [-0.15, -0.1) is 0 Å². The molecule has 1 aromatic heterocycles. The first kappa shape index (κ1) is 11.9. The largest absolute Gasteiger partial charge is 0.494 e. The van der Waals surface area contributed by atoms with Crippen LogP contribution in [0.1, 0.15) is 6.92 Å². The van der Waals surface area contributed by atoms with E-state index in [1.54, 1.807) is 12.4 Å². The molecule has 2 rings (SSSR count). The Bertz CT molecular complexity index is 485. The highest BCUT2D eigenvalue weighted by Gasteiger charge is 1.97. The van der Waals surface area contributed by atoms with Crippen LogP contribution in [0.15, 0.2) is 47.2 Å². The van der Waals surface area contributed by atoms with Crippen LogP contribution in [0.5, 0.6) is 5.75 Å². The number of ether oxygens (including phenoxy) is 1. The number of aromatic nitrogens is 1. The zero-order valence-corrected chi connectivity index (χ0v) is 11.1. The van der Waals surface area contributed by atoms with Gasteiger partial charge in [0.2, 0.25) is 0 Å². The Kier molecular flexibility index (Phi) is 3.98. The van der Waals surface area contributed by atoms with Gasteiger partial charge in [0, 0.05) is 16.4 Å². The van der Waals surface area contributed by atoms with E-state index in [4.69, 9.17) is 4.74 Å². The highest BCUT2D eigenvalue weighted by molar-refractivity contribution is 9.10. The Morgan fingerprint density at radius 3 is 2.59 bits per heavy atom. The van der Waals surface area contributed by atoms with Crippen molar-refractivity contribution in [1.82, 2.24) is 4.98 Å². The Balaban J connectivity index is 2.08. The van der Waals surface area contributed by atoms with Crippen molar-refractivity contribution in [1.29, 1.82) is 0 Å². The third-order valence-corrected chi connectivity index (χ3v) is 2.59. The summed E-state index contributed by atoms with van der Waals surface area (Å²) in [4.78, 5) is 4.09. The quantitative estimate of drug-likeness (QED) is 0.925. The van der Waals surface area contributed by atoms with Gasteiger partial charge in [0.05, 0.1) is 18.5 Å². The van der Waals surface area contributed by atoms with Crippen molar-refractivity contribution < 1.29 is 4.74 Å². The summed E-state index contributed by atoms with van der Waals surface area (Å²) in [5.74, 6) is 0.880. The van der Waals surface area contributed by atoms with Crippen LogP contribution in [0.3, 0.4) is 0 Å². The van der Waals surface area contributed by atoms with Gasteiger partial charge in [-0.25, -0.2) is 0 Å². The number of anilines is 2. The summed E-state index contributed by atoms with van der Waals surface area (Å²) in [6.45, 7) is 2.65. The molecule has 3 nitrogen and oxygen atoms in total. The summed E-state index contributed by atoms with van der Waals surface area (Å²) in [6.07, 6.45) is 3.53. The summed E-state index contributed by atoms with van der Waals surface area (Å²) in [5.41, 5.74) is 1.96. The molecular formula is C13H13BrN2O. The highest BCUT2D eigenvalue weighted by atomic mass is 79.9. The van der Waals surface area contributed by atoms with Crippen molar-refractivity contribution in [3.05, 3.63) is 47.2 Å². The first-order chi connectivity index (χ1) is 8.28. The van der Waals surface area contributed by atoms with E-state index in [0.29, 0.717) is 6.61 Å². The molecule has 88 valence electrons.